The number of para-hydroxylation sites is 1. The van der Waals surface area contributed by atoms with Crippen molar-refractivity contribution in [2.45, 2.75) is 11.4 Å². The van der Waals surface area contributed by atoms with Gasteiger partial charge < -0.3 is 4.90 Å². The van der Waals surface area contributed by atoms with Gasteiger partial charge in [0.1, 0.15) is 5.82 Å². The summed E-state index contributed by atoms with van der Waals surface area (Å²) in [5, 5.41) is 4.69. The molecule has 0 unspecified atom stereocenters. The van der Waals surface area contributed by atoms with Crippen molar-refractivity contribution in [3.63, 3.8) is 0 Å². The average molecular weight is 488 g/mol. The largest absolute Gasteiger partial charge is 0.304 e. The van der Waals surface area contributed by atoms with E-state index in [4.69, 9.17) is 5.10 Å². The Morgan fingerprint density at radius 3 is 2.11 bits per heavy atom. The third-order valence-electron chi connectivity index (χ3n) is 6.25. The highest BCUT2D eigenvalue weighted by Gasteiger charge is 2.20. The Kier molecular flexibility index (Phi) is 6.68. The molecule has 1 aliphatic heterocycles. The maximum Gasteiger partial charge on any atom is 0.263 e. The molecule has 7 nitrogen and oxygen atoms in total. The van der Waals surface area contributed by atoms with E-state index >= 15 is 0 Å². The number of hydrogen-bond donors (Lipinski definition) is 1. The third-order valence-corrected chi connectivity index (χ3v) is 7.62. The molecule has 0 aliphatic carbocycles. The molecule has 1 aliphatic rings. The lowest BCUT2D eigenvalue weighted by Gasteiger charge is -2.32. The van der Waals surface area contributed by atoms with Crippen molar-refractivity contribution in [1.29, 1.82) is 0 Å². The van der Waals surface area contributed by atoms with Gasteiger partial charge in [-0.2, -0.15) is 5.10 Å². The molecule has 1 fully saturated rings. The standard InChI is InChI=1S/C27H29N5O2S/c1-30-16-18-31(19-17-30)21-22-12-14-25(15-13-22)35(33,34)29-27-20-26(23-8-4-2-5-9-23)28-32(27)24-10-6-3-7-11-24/h2-15,20,29H,16-19,21H2,1H3. The lowest BCUT2D eigenvalue weighted by Crippen LogP contribution is -2.43. The fraction of sp³-hybridized carbons (Fsp3) is 0.222. The monoisotopic (exact) mass is 487 g/mol. The first-order valence-electron chi connectivity index (χ1n) is 11.7. The highest BCUT2D eigenvalue weighted by molar-refractivity contribution is 7.92. The number of benzene rings is 3. The first kappa shape index (κ1) is 23.3. The first-order valence-corrected chi connectivity index (χ1v) is 13.2. The lowest BCUT2D eigenvalue weighted by molar-refractivity contribution is 0.148. The Balaban J connectivity index is 1.39. The van der Waals surface area contributed by atoms with E-state index < -0.39 is 10.0 Å². The van der Waals surface area contributed by atoms with E-state index in [1.807, 2.05) is 72.8 Å². The molecule has 0 spiro atoms. The zero-order valence-corrected chi connectivity index (χ0v) is 20.5. The highest BCUT2D eigenvalue weighted by atomic mass is 32.2. The van der Waals surface area contributed by atoms with Crippen LogP contribution in [0, 0.1) is 0 Å². The average Bonchev–Trinajstić information content (AvgIpc) is 3.30. The van der Waals surface area contributed by atoms with Gasteiger partial charge in [-0.25, -0.2) is 13.1 Å². The van der Waals surface area contributed by atoms with Crippen LogP contribution in [0.1, 0.15) is 5.56 Å². The second-order valence-corrected chi connectivity index (χ2v) is 10.5. The van der Waals surface area contributed by atoms with Crippen molar-refractivity contribution < 1.29 is 8.42 Å². The summed E-state index contributed by atoms with van der Waals surface area (Å²) in [4.78, 5) is 4.94. The van der Waals surface area contributed by atoms with Crippen LogP contribution < -0.4 is 4.72 Å². The molecule has 4 aromatic rings. The van der Waals surface area contributed by atoms with Crippen LogP contribution in [0.2, 0.25) is 0 Å². The highest BCUT2D eigenvalue weighted by Crippen LogP contribution is 2.27. The van der Waals surface area contributed by atoms with Gasteiger partial charge in [0.2, 0.25) is 0 Å². The summed E-state index contributed by atoms with van der Waals surface area (Å²) < 4.78 is 31.0. The molecule has 0 radical (unpaired) electrons. The van der Waals surface area contributed by atoms with Crippen LogP contribution in [-0.2, 0) is 16.6 Å². The summed E-state index contributed by atoms with van der Waals surface area (Å²) in [7, 11) is -1.67. The Bertz CT molecular complexity index is 1360. The molecule has 0 amide bonds. The Hall–Kier alpha value is -3.46. The molecule has 0 bridgehead atoms. The fourth-order valence-corrected chi connectivity index (χ4v) is 5.24. The molecule has 35 heavy (non-hydrogen) atoms. The van der Waals surface area contributed by atoms with E-state index in [2.05, 4.69) is 21.6 Å². The predicted octanol–water partition coefficient (Wildman–Crippen LogP) is 4.09. The quantitative estimate of drug-likeness (QED) is 0.425. The summed E-state index contributed by atoms with van der Waals surface area (Å²) in [6.45, 7) is 4.96. The molecule has 2 heterocycles. The molecule has 0 saturated carbocycles. The zero-order valence-electron chi connectivity index (χ0n) is 19.7. The second kappa shape index (κ2) is 10.0. The van der Waals surface area contributed by atoms with Gasteiger partial charge in [0.05, 0.1) is 16.3 Å². The predicted molar refractivity (Wildman–Crippen MR) is 139 cm³/mol. The Labute approximate surface area is 206 Å². The number of rotatable bonds is 7. The molecular weight excluding hydrogens is 458 g/mol. The van der Waals surface area contributed by atoms with E-state index in [0.717, 1.165) is 49.5 Å². The SMILES string of the molecule is CN1CCN(Cc2ccc(S(=O)(=O)Nc3cc(-c4ccccc4)nn3-c3ccccc3)cc2)CC1. The number of anilines is 1. The van der Waals surface area contributed by atoms with Crippen LogP contribution in [0.3, 0.4) is 0 Å². The van der Waals surface area contributed by atoms with Gasteiger partial charge in [0, 0.05) is 44.4 Å². The van der Waals surface area contributed by atoms with Crippen molar-refractivity contribution in [2.24, 2.45) is 0 Å². The number of nitrogens with zero attached hydrogens (tertiary/aromatic N) is 4. The molecule has 180 valence electrons. The van der Waals surface area contributed by atoms with Gasteiger partial charge >= 0.3 is 0 Å². The molecule has 1 aromatic heterocycles. The number of nitrogens with one attached hydrogen (secondary N) is 1. The van der Waals surface area contributed by atoms with E-state index in [1.165, 1.54) is 0 Å². The minimum absolute atomic E-state index is 0.224. The molecule has 0 atom stereocenters. The number of sulfonamides is 1. The number of piperazine rings is 1. The van der Waals surface area contributed by atoms with Crippen LogP contribution in [0.25, 0.3) is 16.9 Å². The summed E-state index contributed by atoms with van der Waals surface area (Å²) in [5.74, 6) is 0.386. The van der Waals surface area contributed by atoms with Gasteiger partial charge in [-0.3, -0.25) is 9.62 Å². The smallest absolute Gasteiger partial charge is 0.263 e. The summed E-state index contributed by atoms with van der Waals surface area (Å²) in [5.41, 5.74) is 3.48. The van der Waals surface area contributed by atoms with Gasteiger partial charge in [0.15, 0.2) is 0 Å². The minimum Gasteiger partial charge on any atom is -0.304 e. The maximum atomic E-state index is 13.3. The van der Waals surface area contributed by atoms with E-state index in [1.54, 1.807) is 22.9 Å². The fourth-order valence-electron chi connectivity index (χ4n) is 4.20. The van der Waals surface area contributed by atoms with Crippen molar-refractivity contribution in [3.8, 4) is 16.9 Å². The number of likely N-dealkylation sites (N-methyl/N-ethyl adjacent to an activating group) is 1. The van der Waals surface area contributed by atoms with Gasteiger partial charge in [-0.05, 0) is 36.9 Å². The molecule has 1 N–H and O–H groups in total. The van der Waals surface area contributed by atoms with Crippen LogP contribution in [-0.4, -0.2) is 61.2 Å². The maximum absolute atomic E-state index is 13.3. The van der Waals surface area contributed by atoms with E-state index in [9.17, 15) is 8.42 Å². The molecule has 5 rings (SSSR count). The second-order valence-electron chi connectivity index (χ2n) is 8.86. The van der Waals surface area contributed by atoms with Gasteiger partial charge in [-0.15, -0.1) is 0 Å². The molecule has 8 heteroatoms. The van der Waals surface area contributed by atoms with Crippen molar-refractivity contribution in [3.05, 3.63) is 96.6 Å². The molecular formula is C27H29N5O2S. The van der Waals surface area contributed by atoms with Crippen LogP contribution in [0.15, 0.2) is 95.9 Å². The van der Waals surface area contributed by atoms with E-state index in [0.29, 0.717) is 11.5 Å². The lowest BCUT2D eigenvalue weighted by atomic mass is 10.2. The first-order chi connectivity index (χ1) is 17.0. The van der Waals surface area contributed by atoms with Gasteiger partial charge in [0.25, 0.3) is 10.0 Å². The topological polar surface area (TPSA) is 70.5 Å². The molecule has 1 saturated heterocycles. The third kappa shape index (κ3) is 5.45. The van der Waals surface area contributed by atoms with Crippen molar-refractivity contribution in [2.75, 3.05) is 37.9 Å². The normalized spacial score (nSPS) is 15.2. The minimum atomic E-state index is -3.80. The summed E-state index contributed by atoms with van der Waals surface area (Å²) >= 11 is 0. The zero-order chi connectivity index (χ0) is 24.3. The number of hydrogen-bond acceptors (Lipinski definition) is 5. The Morgan fingerprint density at radius 1 is 0.829 bits per heavy atom. The van der Waals surface area contributed by atoms with Crippen LogP contribution in [0.4, 0.5) is 5.82 Å². The molecule has 3 aromatic carbocycles. The van der Waals surface area contributed by atoms with Crippen LogP contribution >= 0.6 is 0 Å². The van der Waals surface area contributed by atoms with Crippen molar-refractivity contribution in [1.82, 2.24) is 19.6 Å². The van der Waals surface area contributed by atoms with Crippen LogP contribution in [0.5, 0.6) is 0 Å². The summed E-state index contributed by atoms with van der Waals surface area (Å²) in [6, 6.07) is 28.1. The van der Waals surface area contributed by atoms with Gasteiger partial charge in [-0.1, -0.05) is 60.7 Å². The van der Waals surface area contributed by atoms with Crippen molar-refractivity contribution >= 4 is 15.8 Å². The number of aromatic nitrogens is 2. The summed E-state index contributed by atoms with van der Waals surface area (Å²) in [6.07, 6.45) is 0. The van der Waals surface area contributed by atoms with E-state index in [-0.39, 0.29) is 4.90 Å². The Morgan fingerprint density at radius 2 is 1.46 bits per heavy atom.